The summed E-state index contributed by atoms with van der Waals surface area (Å²) >= 11 is 12.3. The molecule has 0 bridgehead atoms. The molecule has 106 valence electrons. The predicted octanol–water partition coefficient (Wildman–Crippen LogP) is 4.49. The van der Waals surface area contributed by atoms with Crippen molar-refractivity contribution in [2.45, 2.75) is 6.54 Å². The van der Waals surface area contributed by atoms with Crippen LogP contribution in [0.5, 0.6) is 0 Å². The van der Waals surface area contributed by atoms with Crippen molar-refractivity contribution < 1.29 is 0 Å². The van der Waals surface area contributed by atoms with Crippen molar-refractivity contribution in [1.82, 2.24) is 9.55 Å². The number of benzene rings is 2. The third kappa shape index (κ3) is 3.04. The zero-order valence-electron chi connectivity index (χ0n) is 11.1. The molecule has 0 amide bonds. The normalized spacial score (nSPS) is 10.8. The van der Waals surface area contributed by atoms with Gasteiger partial charge in [-0.05, 0) is 35.9 Å². The SMILES string of the molecule is Nc1cccc(Cn2ccnc2-c2cc(Cl)ccc2Cl)c1. The van der Waals surface area contributed by atoms with Crippen LogP contribution in [0.2, 0.25) is 10.0 Å². The standard InChI is InChI=1S/C16H13Cl2N3/c17-12-4-5-15(18)14(9-12)16-20-6-7-21(16)10-11-2-1-3-13(19)8-11/h1-9H,10,19H2. The fourth-order valence-electron chi connectivity index (χ4n) is 2.24. The van der Waals surface area contributed by atoms with E-state index in [0.717, 1.165) is 22.6 Å². The fraction of sp³-hybridized carbons (Fsp3) is 0.0625. The lowest BCUT2D eigenvalue weighted by Crippen LogP contribution is -2.02. The van der Waals surface area contributed by atoms with Crippen LogP contribution in [-0.2, 0) is 6.54 Å². The number of imidazole rings is 1. The molecule has 0 aliphatic carbocycles. The summed E-state index contributed by atoms with van der Waals surface area (Å²) in [5.41, 5.74) is 8.48. The highest BCUT2D eigenvalue weighted by atomic mass is 35.5. The van der Waals surface area contributed by atoms with Gasteiger partial charge in [0, 0.05) is 35.2 Å². The van der Waals surface area contributed by atoms with E-state index >= 15 is 0 Å². The van der Waals surface area contributed by atoms with Gasteiger partial charge in [-0.3, -0.25) is 0 Å². The maximum atomic E-state index is 6.26. The maximum absolute atomic E-state index is 6.26. The van der Waals surface area contributed by atoms with Crippen LogP contribution < -0.4 is 5.73 Å². The number of nitrogen functional groups attached to an aromatic ring is 1. The van der Waals surface area contributed by atoms with Crippen molar-refractivity contribution in [1.29, 1.82) is 0 Å². The van der Waals surface area contributed by atoms with Gasteiger partial charge in [0.05, 0.1) is 5.02 Å². The molecule has 0 saturated carbocycles. The van der Waals surface area contributed by atoms with Crippen LogP contribution in [0.15, 0.2) is 54.9 Å². The molecule has 0 aliphatic heterocycles. The summed E-state index contributed by atoms with van der Waals surface area (Å²) < 4.78 is 2.02. The van der Waals surface area contributed by atoms with Gasteiger partial charge in [0.2, 0.25) is 0 Å². The molecule has 0 spiro atoms. The van der Waals surface area contributed by atoms with Crippen molar-refractivity contribution in [2.24, 2.45) is 0 Å². The van der Waals surface area contributed by atoms with Gasteiger partial charge in [0.1, 0.15) is 5.82 Å². The highest BCUT2D eigenvalue weighted by Gasteiger charge is 2.11. The van der Waals surface area contributed by atoms with E-state index in [1.54, 1.807) is 18.3 Å². The molecule has 5 heteroatoms. The zero-order chi connectivity index (χ0) is 14.8. The van der Waals surface area contributed by atoms with E-state index in [9.17, 15) is 0 Å². The topological polar surface area (TPSA) is 43.8 Å². The Morgan fingerprint density at radius 1 is 1.10 bits per heavy atom. The molecular weight excluding hydrogens is 305 g/mol. The molecule has 0 atom stereocenters. The van der Waals surface area contributed by atoms with Crippen molar-refractivity contribution >= 4 is 28.9 Å². The second-order valence-electron chi connectivity index (χ2n) is 4.75. The van der Waals surface area contributed by atoms with Crippen molar-refractivity contribution in [3.05, 3.63) is 70.5 Å². The van der Waals surface area contributed by atoms with Crippen LogP contribution in [0.4, 0.5) is 5.69 Å². The van der Waals surface area contributed by atoms with Gasteiger partial charge in [0.15, 0.2) is 0 Å². The molecule has 0 fully saturated rings. The van der Waals surface area contributed by atoms with Crippen LogP contribution >= 0.6 is 23.2 Å². The average molecular weight is 318 g/mol. The summed E-state index contributed by atoms with van der Waals surface area (Å²) in [5.74, 6) is 0.782. The molecule has 3 aromatic rings. The quantitative estimate of drug-likeness (QED) is 0.723. The van der Waals surface area contributed by atoms with Gasteiger partial charge in [-0.15, -0.1) is 0 Å². The van der Waals surface area contributed by atoms with E-state index in [4.69, 9.17) is 28.9 Å². The summed E-state index contributed by atoms with van der Waals surface area (Å²) in [5, 5.41) is 1.26. The summed E-state index contributed by atoms with van der Waals surface area (Å²) in [6.07, 6.45) is 3.66. The zero-order valence-corrected chi connectivity index (χ0v) is 12.6. The third-order valence-electron chi connectivity index (χ3n) is 3.19. The van der Waals surface area contributed by atoms with Crippen molar-refractivity contribution in [2.75, 3.05) is 5.73 Å². The predicted molar refractivity (Wildman–Crippen MR) is 87.6 cm³/mol. The summed E-state index contributed by atoms with van der Waals surface area (Å²) in [7, 11) is 0. The Morgan fingerprint density at radius 3 is 2.76 bits per heavy atom. The number of hydrogen-bond acceptors (Lipinski definition) is 2. The molecule has 3 rings (SSSR count). The third-order valence-corrected chi connectivity index (χ3v) is 3.75. The first-order chi connectivity index (χ1) is 10.1. The summed E-state index contributed by atoms with van der Waals surface area (Å²) in [6, 6.07) is 13.1. The van der Waals surface area contributed by atoms with E-state index in [0.29, 0.717) is 16.6 Å². The first kappa shape index (κ1) is 14.0. The summed E-state index contributed by atoms with van der Waals surface area (Å²) in [4.78, 5) is 4.40. The molecule has 0 unspecified atom stereocenters. The second kappa shape index (κ2) is 5.80. The van der Waals surface area contributed by atoms with E-state index < -0.39 is 0 Å². The molecular formula is C16H13Cl2N3. The molecule has 3 nitrogen and oxygen atoms in total. The Morgan fingerprint density at radius 2 is 1.95 bits per heavy atom. The first-order valence-electron chi connectivity index (χ1n) is 6.44. The molecule has 0 aliphatic rings. The molecule has 1 heterocycles. The maximum Gasteiger partial charge on any atom is 0.141 e. The van der Waals surface area contributed by atoms with E-state index in [-0.39, 0.29) is 0 Å². The molecule has 1 aromatic heterocycles. The Balaban J connectivity index is 1.99. The summed E-state index contributed by atoms with van der Waals surface area (Å²) in [6.45, 7) is 0.670. The molecule has 2 N–H and O–H groups in total. The van der Waals surface area contributed by atoms with Crippen LogP contribution in [0.1, 0.15) is 5.56 Å². The van der Waals surface area contributed by atoms with E-state index in [1.807, 2.05) is 41.1 Å². The first-order valence-corrected chi connectivity index (χ1v) is 7.20. The van der Waals surface area contributed by atoms with E-state index in [2.05, 4.69) is 4.98 Å². The van der Waals surface area contributed by atoms with Crippen LogP contribution in [0.3, 0.4) is 0 Å². The Hall–Kier alpha value is -1.97. The Kier molecular flexibility index (Phi) is 3.86. The van der Waals surface area contributed by atoms with Gasteiger partial charge in [-0.2, -0.15) is 0 Å². The highest BCUT2D eigenvalue weighted by Crippen LogP contribution is 2.29. The van der Waals surface area contributed by atoms with E-state index in [1.165, 1.54) is 0 Å². The number of hydrogen-bond donors (Lipinski definition) is 1. The number of rotatable bonds is 3. The lowest BCUT2D eigenvalue weighted by atomic mass is 10.2. The minimum atomic E-state index is 0.624. The lowest BCUT2D eigenvalue weighted by Gasteiger charge is -2.10. The minimum Gasteiger partial charge on any atom is -0.399 e. The molecule has 0 saturated heterocycles. The molecule has 0 radical (unpaired) electrons. The van der Waals surface area contributed by atoms with Crippen LogP contribution in [0.25, 0.3) is 11.4 Å². The monoisotopic (exact) mass is 317 g/mol. The van der Waals surface area contributed by atoms with Gasteiger partial charge in [-0.1, -0.05) is 35.3 Å². The van der Waals surface area contributed by atoms with Crippen molar-refractivity contribution in [3.63, 3.8) is 0 Å². The lowest BCUT2D eigenvalue weighted by molar-refractivity contribution is 0.807. The molecule has 21 heavy (non-hydrogen) atoms. The Bertz CT molecular complexity index is 781. The fourth-order valence-corrected chi connectivity index (χ4v) is 2.61. The van der Waals surface area contributed by atoms with Gasteiger partial charge >= 0.3 is 0 Å². The smallest absolute Gasteiger partial charge is 0.141 e. The number of nitrogens with zero attached hydrogens (tertiary/aromatic N) is 2. The van der Waals surface area contributed by atoms with Gasteiger partial charge < -0.3 is 10.3 Å². The Labute approximate surface area is 132 Å². The highest BCUT2D eigenvalue weighted by molar-refractivity contribution is 6.35. The number of aromatic nitrogens is 2. The second-order valence-corrected chi connectivity index (χ2v) is 5.59. The minimum absolute atomic E-state index is 0.624. The van der Waals surface area contributed by atoms with Gasteiger partial charge in [-0.25, -0.2) is 4.98 Å². The van der Waals surface area contributed by atoms with Gasteiger partial charge in [0.25, 0.3) is 0 Å². The van der Waals surface area contributed by atoms with Crippen molar-refractivity contribution in [3.8, 4) is 11.4 Å². The number of nitrogens with two attached hydrogens (primary N) is 1. The average Bonchev–Trinajstić information content (AvgIpc) is 2.89. The number of anilines is 1. The van der Waals surface area contributed by atoms with Crippen LogP contribution in [0, 0.1) is 0 Å². The molecule has 2 aromatic carbocycles. The largest absolute Gasteiger partial charge is 0.399 e. The number of halogens is 2. The van der Waals surface area contributed by atoms with Crippen LogP contribution in [-0.4, -0.2) is 9.55 Å².